The SMILES string of the molecule is CCC(CO)Nc1ccc2ncc(-c3ccc(N)cc3)n2n1. The quantitative estimate of drug-likeness (QED) is 0.628. The van der Waals surface area contributed by atoms with Gasteiger partial charge in [-0.25, -0.2) is 9.50 Å². The first-order valence-electron chi connectivity index (χ1n) is 7.29. The number of fused-ring (bicyclic) bond motifs is 1. The van der Waals surface area contributed by atoms with Gasteiger partial charge in [-0.15, -0.1) is 5.10 Å². The maximum atomic E-state index is 9.30. The average Bonchev–Trinajstić information content (AvgIpc) is 2.96. The number of nitrogens with one attached hydrogen (secondary N) is 1. The third-order valence-electron chi connectivity index (χ3n) is 3.63. The topological polar surface area (TPSA) is 88.5 Å². The van der Waals surface area contributed by atoms with E-state index < -0.39 is 0 Å². The number of rotatable bonds is 5. The van der Waals surface area contributed by atoms with Crippen molar-refractivity contribution in [2.45, 2.75) is 19.4 Å². The molecule has 1 unspecified atom stereocenters. The van der Waals surface area contributed by atoms with Crippen molar-refractivity contribution in [3.63, 3.8) is 0 Å². The van der Waals surface area contributed by atoms with Crippen molar-refractivity contribution in [3.05, 3.63) is 42.6 Å². The molecule has 1 aromatic carbocycles. The van der Waals surface area contributed by atoms with Gasteiger partial charge in [0.05, 0.1) is 24.5 Å². The number of aromatic nitrogens is 3. The highest BCUT2D eigenvalue weighted by atomic mass is 16.3. The number of aliphatic hydroxyl groups is 1. The minimum atomic E-state index is -0.00607. The van der Waals surface area contributed by atoms with Crippen molar-refractivity contribution >= 4 is 17.2 Å². The molecule has 0 saturated carbocycles. The molecule has 2 aromatic heterocycles. The summed E-state index contributed by atoms with van der Waals surface area (Å²) in [5.74, 6) is 0.711. The molecule has 0 fully saturated rings. The largest absolute Gasteiger partial charge is 0.399 e. The molecule has 0 bridgehead atoms. The summed E-state index contributed by atoms with van der Waals surface area (Å²) in [4.78, 5) is 4.37. The van der Waals surface area contributed by atoms with Crippen LogP contribution < -0.4 is 11.1 Å². The Labute approximate surface area is 128 Å². The smallest absolute Gasteiger partial charge is 0.154 e. The summed E-state index contributed by atoms with van der Waals surface area (Å²) in [6.07, 6.45) is 2.62. The Morgan fingerprint density at radius 2 is 2.00 bits per heavy atom. The Kier molecular flexibility index (Phi) is 3.93. The van der Waals surface area contributed by atoms with E-state index in [0.717, 1.165) is 29.0 Å². The normalized spacial score (nSPS) is 12.5. The maximum Gasteiger partial charge on any atom is 0.154 e. The maximum absolute atomic E-state index is 9.30. The summed E-state index contributed by atoms with van der Waals surface area (Å²) in [6, 6.07) is 11.4. The second-order valence-corrected chi connectivity index (χ2v) is 5.19. The van der Waals surface area contributed by atoms with E-state index in [1.165, 1.54) is 0 Å². The van der Waals surface area contributed by atoms with Gasteiger partial charge < -0.3 is 16.2 Å². The fourth-order valence-electron chi connectivity index (χ4n) is 2.29. The van der Waals surface area contributed by atoms with Crippen LogP contribution in [0.1, 0.15) is 13.3 Å². The van der Waals surface area contributed by atoms with Gasteiger partial charge in [-0.3, -0.25) is 0 Å². The van der Waals surface area contributed by atoms with E-state index in [2.05, 4.69) is 15.4 Å². The van der Waals surface area contributed by atoms with Crippen LogP contribution in [0.5, 0.6) is 0 Å². The number of imidazole rings is 1. The molecule has 0 aliphatic carbocycles. The molecule has 0 aliphatic rings. The van der Waals surface area contributed by atoms with Crippen molar-refractivity contribution in [3.8, 4) is 11.3 Å². The number of benzene rings is 1. The lowest BCUT2D eigenvalue weighted by Gasteiger charge is -2.14. The Hall–Kier alpha value is -2.60. The van der Waals surface area contributed by atoms with E-state index in [4.69, 9.17) is 5.73 Å². The zero-order chi connectivity index (χ0) is 15.5. The lowest BCUT2D eigenvalue weighted by atomic mass is 10.1. The number of hydrogen-bond donors (Lipinski definition) is 3. The molecule has 3 aromatic rings. The van der Waals surface area contributed by atoms with Crippen LogP contribution in [0.4, 0.5) is 11.5 Å². The molecule has 2 heterocycles. The standard InChI is InChI=1S/C16H19N5O/c1-2-13(10-22)19-15-7-8-16-18-9-14(21(16)20-15)11-3-5-12(17)6-4-11/h3-9,13,22H,2,10,17H2,1H3,(H,19,20). The number of hydrogen-bond acceptors (Lipinski definition) is 5. The van der Waals surface area contributed by atoms with E-state index in [-0.39, 0.29) is 12.6 Å². The molecule has 114 valence electrons. The number of nitrogens with two attached hydrogens (primary N) is 1. The van der Waals surface area contributed by atoms with Gasteiger partial charge in [0.1, 0.15) is 5.82 Å². The van der Waals surface area contributed by atoms with Crippen molar-refractivity contribution in [1.82, 2.24) is 14.6 Å². The minimum absolute atomic E-state index is 0.00607. The first kappa shape index (κ1) is 14.3. The van der Waals surface area contributed by atoms with E-state index in [1.807, 2.05) is 43.3 Å². The molecule has 4 N–H and O–H groups in total. The number of nitrogens with zero attached hydrogens (tertiary/aromatic N) is 3. The molecule has 6 heteroatoms. The molecular weight excluding hydrogens is 278 g/mol. The van der Waals surface area contributed by atoms with Gasteiger partial charge in [-0.05, 0) is 30.7 Å². The molecule has 0 spiro atoms. The average molecular weight is 297 g/mol. The van der Waals surface area contributed by atoms with Gasteiger partial charge >= 0.3 is 0 Å². The van der Waals surface area contributed by atoms with E-state index in [1.54, 1.807) is 10.7 Å². The minimum Gasteiger partial charge on any atom is -0.399 e. The molecule has 22 heavy (non-hydrogen) atoms. The van der Waals surface area contributed by atoms with Crippen molar-refractivity contribution in [2.24, 2.45) is 0 Å². The van der Waals surface area contributed by atoms with Crippen LogP contribution in [0.15, 0.2) is 42.6 Å². The Morgan fingerprint density at radius 3 is 2.68 bits per heavy atom. The summed E-state index contributed by atoms with van der Waals surface area (Å²) >= 11 is 0. The van der Waals surface area contributed by atoms with Gasteiger partial charge in [-0.1, -0.05) is 19.1 Å². The van der Waals surface area contributed by atoms with Crippen molar-refractivity contribution in [1.29, 1.82) is 0 Å². The van der Waals surface area contributed by atoms with Crippen LogP contribution in [0.3, 0.4) is 0 Å². The third-order valence-corrected chi connectivity index (χ3v) is 3.63. The lowest BCUT2D eigenvalue weighted by Crippen LogP contribution is -2.23. The lowest BCUT2D eigenvalue weighted by molar-refractivity contribution is 0.271. The highest BCUT2D eigenvalue weighted by Crippen LogP contribution is 2.22. The zero-order valence-electron chi connectivity index (χ0n) is 12.4. The molecule has 6 nitrogen and oxygen atoms in total. The Morgan fingerprint density at radius 1 is 1.23 bits per heavy atom. The summed E-state index contributed by atoms with van der Waals surface area (Å²) in [7, 11) is 0. The van der Waals surface area contributed by atoms with E-state index in [9.17, 15) is 5.11 Å². The molecule has 1 atom stereocenters. The summed E-state index contributed by atoms with van der Waals surface area (Å²) in [5, 5.41) is 17.1. The van der Waals surface area contributed by atoms with Crippen LogP contribution >= 0.6 is 0 Å². The van der Waals surface area contributed by atoms with Crippen LogP contribution in [0.2, 0.25) is 0 Å². The number of aliphatic hydroxyl groups excluding tert-OH is 1. The van der Waals surface area contributed by atoms with Gasteiger partial charge in [0.15, 0.2) is 5.65 Å². The Balaban J connectivity index is 2.00. The molecule has 3 rings (SSSR count). The molecule has 0 saturated heterocycles. The van der Waals surface area contributed by atoms with Gasteiger partial charge in [0.25, 0.3) is 0 Å². The second kappa shape index (κ2) is 6.03. The van der Waals surface area contributed by atoms with Crippen LogP contribution in [-0.2, 0) is 0 Å². The van der Waals surface area contributed by atoms with Crippen LogP contribution in [0, 0.1) is 0 Å². The number of nitrogen functional groups attached to an aromatic ring is 1. The van der Waals surface area contributed by atoms with Gasteiger partial charge in [0.2, 0.25) is 0 Å². The van der Waals surface area contributed by atoms with Crippen molar-refractivity contribution < 1.29 is 5.11 Å². The third kappa shape index (κ3) is 2.73. The number of anilines is 2. The molecule has 0 radical (unpaired) electrons. The Bertz CT molecular complexity index is 762. The molecule has 0 aliphatic heterocycles. The van der Waals surface area contributed by atoms with E-state index >= 15 is 0 Å². The monoisotopic (exact) mass is 297 g/mol. The van der Waals surface area contributed by atoms with Crippen LogP contribution in [-0.4, -0.2) is 32.4 Å². The highest BCUT2D eigenvalue weighted by Gasteiger charge is 2.10. The molecular formula is C16H19N5O. The van der Waals surface area contributed by atoms with Gasteiger partial charge in [0, 0.05) is 11.3 Å². The first-order valence-corrected chi connectivity index (χ1v) is 7.29. The zero-order valence-corrected chi connectivity index (χ0v) is 12.4. The van der Waals surface area contributed by atoms with Gasteiger partial charge in [-0.2, -0.15) is 0 Å². The van der Waals surface area contributed by atoms with E-state index in [0.29, 0.717) is 5.82 Å². The highest BCUT2D eigenvalue weighted by molar-refractivity contribution is 5.65. The second-order valence-electron chi connectivity index (χ2n) is 5.19. The molecule has 0 amide bonds. The summed E-state index contributed by atoms with van der Waals surface area (Å²) in [5.41, 5.74) is 9.13. The van der Waals surface area contributed by atoms with Crippen molar-refractivity contribution in [2.75, 3.05) is 17.7 Å². The fraction of sp³-hybridized carbons (Fsp3) is 0.250. The fourth-order valence-corrected chi connectivity index (χ4v) is 2.29. The predicted molar refractivity (Wildman–Crippen MR) is 87.6 cm³/mol. The van der Waals surface area contributed by atoms with Crippen LogP contribution in [0.25, 0.3) is 16.9 Å². The predicted octanol–water partition coefficient (Wildman–Crippen LogP) is 2.16. The summed E-state index contributed by atoms with van der Waals surface area (Å²) in [6.45, 7) is 2.09. The first-order chi connectivity index (χ1) is 10.7. The summed E-state index contributed by atoms with van der Waals surface area (Å²) < 4.78 is 1.79.